The second-order valence-electron chi connectivity index (χ2n) is 4.72. The average Bonchev–Trinajstić information content (AvgIpc) is 2.47. The topological polar surface area (TPSA) is 66.4 Å². The largest absolute Gasteiger partial charge is 0.387 e. The van der Waals surface area contributed by atoms with E-state index in [1.54, 1.807) is 43.3 Å². The van der Waals surface area contributed by atoms with Crippen LogP contribution in [0.3, 0.4) is 0 Å². The number of aliphatic hydroxyl groups excluding tert-OH is 1. The maximum absolute atomic E-state index is 12.3. The van der Waals surface area contributed by atoms with Gasteiger partial charge in [-0.05, 0) is 36.8 Å². The number of rotatable bonds is 5. The number of benzene rings is 2. The maximum Gasteiger partial charge on any atom is 0.240 e. The Morgan fingerprint density at radius 2 is 1.62 bits per heavy atom. The van der Waals surface area contributed by atoms with Gasteiger partial charge in [-0.2, -0.15) is 0 Å². The van der Waals surface area contributed by atoms with Crippen molar-refractivity contribution in [2.24, 2.45) is 0 Å². The molecule has 0 saturated heterocycles. The van der Waals surface area contributed by atoms with Crippen LogP contribution in [0, 0.1) is 0 Å². The number of hydrogen-bond donors (Lipinski definition) is 2. The summed E-state index contributed by atoms with van der Waals surface area (Å²) in [5.41, 5.74) is 0.670. The van der Waals surface area contributed by atoms with E-state index in [-0.39, 0.29) is 4.90 Å². The van der Waals surface area contributed by atoms with Gasteiger partial charge in [-0.1, -0.05) is 46.3 Å². The average molecular weight is 370 g/mol. The van der Waals surface area contributed by atoms with E-state index in [4.69, 9.17) is 0 Å². The fourth-order valence-electron chi connectivity index (χ4n) is 1.93. The van der Waals surface area contributed by atoms with Crippen molar-refractivity contribution in [2.75, 3.05) is 0 Å². The van der Waals surface area contributed by atoms with E-state index in [0.717, 1.165) is 4.47 Å². The first-order valence-electron chi connectivity index (χ1n) is 6.41. The molecule has 2 aromatic carbocycles. The van der Waals surface area contributed by atoms with Crippen LogP contribution < -0.4 is 4.72 Å². The van der Waals surface area contributed by atoms with Crippen LogP contribution >= 0.6 is 15.9 Å². The van der Waals surface area contributed by atoms with Gasteiger partial charge in [0.1, 0.15) is 0 Å². The Morgan fingerprint density at radius 3 is 2.19 bits per heavy atom. The molecule has 0 aliphatic carbocycles. The van der Waals surface area contributed by atoms with Crippen LogP contribution in [-0.4, -0.2) is 19.6 Å². The summed E-state index contributed by atoms with van der Waals surface area (Å²) >= 11 is 3.26. The molecule has 0 spiro atoms. The number of nitrogens with one attached hydrogen (secondary N) is 1. The number of hydrogen-bond acceptors (Lipinski definition) is 3. The molecular formula is C15H16BrNO3S. The standard InChI is InChI=1S/C15H16BrNO3S/c1-11(15(18)12-5-3-2-4-6-12)17-21(19,20)14-9-7-13(16)8-10-14/h2-11,15,17-18H,1H3/t11-,15+/m1/s1. The molecule has 112 valence electrons. The normalized spacial score (nSPS) is 14.6. The van der Waals surface area contributed by atoms with Gasteiger partial charge in [0, 0.05) is 10.5 Å². The van der Waals surface area contributed by atoms with E-state index in [9.17, 15) is 13.5 Å². The van der Waals surface area contributed by atoms with E-state index in [0.29, 0.717) is 5.56 Å². The van der Waals surface area contributed by atoms with Gasteiger partial charge in [0.25, 0.3) is 0 Å². The van der Waals surface area contributed by atoms with Crippen LogP contribution in [-0.2, 0) is 10.0 Å². The smallest absolute Gasteiger partial charge is 0.240 e. The van der Waals surface area contributed by atoms with Crippen LogP contribution in [0.25, 0.3) is 0 Å². The highest BCUT2D eigenvalue weighted by Crippen LogP contribution is 2.19. The number of halogens is 1. The molecule has 2 N–H and O–H groups in total. The van der Waals surface area contributed by atoms with E-state index < -0.39 is 22.2 Å². The van der Waals surface area contributed by atoms with Gasteiger partial charge in [0.15, 0.2) is 0 Å². The summed E-state index contributed by atoms with van der Waals surface area (Å²) in [4.78, 5) is 0.165. The Kier molecular flexibility index (Phi) is 5.16. The monoisotopic (exact) mass is 369 g/mol. The molecule has 0 radical (unpaired) electrons. The molecule has 2 aromatic rings. The van der Waals surface area contributed by atoms with Gasteiger partial charge in [-0.25, -0.2) is 13.1 Å². The van der Waals surface area contributed by atoms with Crippen molar-refractivity contribution in [3.8, 4) is 0 Å². The summed E-state index contributed by atoms with van der Waals surface area (Å²) in [6, 6.07) is 14.7. The molecule has 0 heterocycles. The van der Waals surface area contributed by atoms with Crippen LogP contribution in [0.15, 0.2) is 64.0 Å². The second-order valence-corrected chi connectivity index (χ2v) is 7.35. The molecule has 0 unspecified atom stereocenters. The summed E-state index contributed by atoms with van der Waals surface area (Å²) in [7, 11) is -3.66. The third kappa shape index (κ3) is 4.14. The fraction of sp³-hybridized carbons (Fsp3) is 0.200. The summed E-state index contributed by atoms with van der Waals surface area (Å²) in [6.07, 6.45) is -0.906. The van der Waals surface area contributed by atoms with Gasteiger partial charge in [0.2, 0.25) is 10.0 Å². The van der Waals surface area contributed by atoms with Crippen LogP contribution in [0.2, 0.25) is 0 Å². The van der Waals surface area contributed by atoms with Gasteiger partial charge < -0.3 is 5.11 Å². The number of aliphatic hydroxyl groups is 1. The maximum atomic E-state index is 12.3. The Bertz CT molecular complexity index is 687. The summed E-state index contributed by atoms with van der Waals surface area (Å²) in [6.45, 7) is 1.63. The third-order valence-electron chi connectivity index (χ3n) is 3.08. The minimum absolute atomic E-state index is 0.165. The Morgan fingerprint density at radius 1 is 1.05 bits per heavy atom. The molecule has 21 heavy (non-hydrogen) atoms. The van der Waals surface area contributed by atoms with Crippen molar-refractivity contribution in [1.82, 2.24) is 4.72 Å². The molecule has 0 fully saturated rings. The highest BCUT2D eigenvalue weighted by atomic mass is 79.9. The van der Waals surface area contributed by atoms with Crippen LogP contribution in [0.4, 0.5) is 0 Å². The third-order valence-corrected chi connectivity index (χ3v) is 5.18. The van der Waals surface area contributed by atoms with Crippen molar-refractivity contribution in [3.05, 3.63) is 64.6 Å². The van der Waals surface area contributed by atoms with Crippen molar-refractivity contribution in [1.29, 1.82) is 0 Å². The number of sulfonamides is 1. The predicted molar refractivity (Wildman–Crippen MR) is 85.3 cm³/mol. The molecule has 4 nitrogen and oxygen atoms in total. The second kappa shape index (κ2) is 6.70. The quantitative estimate of drug-likeness (QED) is 0.851. The molecule has 0 bridgehead atoms. The van der Waals surface area contributed by atoms with Crippen molar-refractivity contribution < 1.29 is 13.5 Å². The van der Waals surface area contributed by atoms with Crippen LogP contribution in [0.1, 0.15) is 18.6 Å². The van der Waals surface area contributed by atoms with Gasteiger partial charge in [-0.15, -0.1) is 0 Å². The highest BCUT2D eigenvalue weighted by molar-refractivity contribution is 9.10. The Labute approximate surface area is 133 Å². The molecule has 2 rings (SSSR count). The molecule has 0 aliphatic rings. The van der Waals surface area contributed by atoms with Crippen LogP contribution in [0.5, 0.6) is 0 Å². The zero-order valence-electron chi connectivity index (χ0n) is 11.4. The zero-order chi connectivity index (χ0) is 15.5. The van der Waals surface area contributed by atoms with Crippen molar-refractivity contribution in [3.63, 3.8) is 0 Å². The van der Waals surface area contributed by atoms with Gasteiger partial charge in [0.05, 0.1) is 11.0 Å². The minimum atomic E-state index is -3.66. The summed E-state index contributed by atoms with van der Waals surface area (Å²) in [5, 5.41) is 10.2. The lowest BCUT2D eigenvalue weighted by molar-refractivity contribution is 0.146. The summed E-state index contributed by atoms with van der Waals surface area (Å²) < 4.78 is 27.8. The Hall–Kier alpha value is -1.21. The first-order valence-corrected chi connectivity index (χ1v) is 8.69. The highest BCUT2D eigenvalue weighted by Gasteiger charge is 2.23. The van der Waals surface area contributed by atoms with E-state index in [2.05, 4.69) is 20.7 Å². The van der Waals surface area contributed by atoms with Crippen molar-refractivity contribution in [2.45, 2.75) is 24.0 Å². The molecule has 0 aliphatic heterocycles. The lowest BCUT2D eigenvalue weighted by atomic mass is 10.0. The van der Waals surface area contributed by atoms with E-state index >= 15 is 0 Å². The SMILES string of the molecule is C[C@@H](NS(=O)(=O)c1ccc(Br)cc1)[C@H](O)c1ccccc1. The summed E-state index contributed by atoms with van der Waals surface area (Å²) in [5.74, 6) is 0. The molecule has 6 heteroatoms. The van der Waals surface area contributed by atoms with Gasteiger partial charge >= 0.3 is 0 Å². The molecule has 0 amide bonds. The first kappa shape index (κ1) is 16.2. The predicted octanol–water partition coefficient (Wildman–Crippen LogP) is 2.85. The van der Waals surface area contributed by atoms with Gasteiger partial charge in [-0.3, -0.25) is 0 Å². The zero-order valence-corrected chi connectivity index (χ0v) is 13.8. The molecule has 0 aromatic heterocycles. The molecule has 0 saturated carbocycles. The lowest BCUT2D eigenvalue weighted by Crippen LogP contribution is -2.37. The molecular weight excluding hydrogens is 354 g/mol. The fourth-order valence-corrected chi connectivity index (χ4v) is 3.44. The van der Waals surface area contributed by atoms with E-state index in [1.807, 2.05) is 6.07 Å². The lowest BCUT2D eigenvalue weighted by Gasteiger charge is -2.20. The van der Waals surface area contributed by atoms with Crippen molar-refractivity contribution >= 4 is 26.0 Å². The Balaban J connectivity index is 2.14. The minimum Gasteiger partial charge on any atom is -0.387 e. The molecule has 2 atom stereocenters. The van der Waals surface area contributed by atoms with E-state index in [1.165, 1.54) is 12.1 Å². The first-order chi connectivity index (χ1) is 9.90.